The highest BCUT2D eigenvalue weighted by Gasteiger charge is 2.51. The molecule has 0 saturated carbocycles. The van der Waals surface area contributed by atoms with Crippen molar-refractivity contribution < 1.29 is 47.5 Å². The molecule has 4 aromatic rings. The van der Waals surface area contributed by atoms with E-state index in [0.717, 1.165) is 33.8 Å². The number of ether oxygens (including phenoxy) is 8. The molecule has 4 aromatic carbocycles. The van der Waals surface area contributed by atoms with E-state index in [2.05, 4.69) is 13.2 Å². The largest absolute Gasteiger partial charge is 0.498 e. The second-order valence-electron chi connectivity index (χ2n) is 11.5. The molecule has 4 unspecified atom stereocenters. The Balaban J connectivity index is 0.971. The minimum Gasteiger partial charge on any atom is -0.498 e. The van der Waals surface area contributed by atoms with E-state index in [4.69, 9.17) is 37.9 Å². The Morgan fingerprint density at radius 2 is 0.880 bits per heavy atom. The molecule has 0 spiro atoms. The number of benzene rings is 4. The first kappa shape index (κ1) is 34.3. The van der Waals surface area contributed by atoms with Gasteiger partial charge in [0, 0.05) is 0 Å². The van der Waals surface area contributed by atoms with Crippen molar-refractivity contribution in [3.8, 4) is 33.8 Å². The van der Waals surface area contributed by atoms with E-state index in [9.17, 15) is 9.59 Å². The van der Waals surface area contributed by atoms with E-state index in [1.165, 1.54) is 12.5 Å². The molecule has 0 amide bonds. The fourth-order valence-electron chi connectivity index (χ4n) is 5.71. The molecule has 0 aromatic heterocycles. The van der Waals surface area contributed by atoms with Gasteiger partial charge in [-0.25, -0.2) is 9.59 Å². The van der Waals surface area contributed by atoms with Gasteiger partial charge in [0.15, 0.2) is 12.2 Å². The number of hydrogen-bond donors (Lipinski definition) is 0. The number of carbonyl (C=O) groups excluding carboxylic acids is 2. The van der Waals surface area contributed by atoms with E-state index in [-0.39, 0.29) is 13.2 Å². The second-order valence-corrected chi connectivity index (χ2v) is 11.5. The first-order valence-corrected chi connectivity index (χ1v) is 16.3. The van der Waals surface area contributed by atoms with Gasteiger partial charge in [-0.1, -0.05) is 61.7 Å². The summed E-state index contributed by atoms with van der Waals surface area (Å²) in [5, 5.41) is 0. The first-order valence-electron chi connectivity index (χ1n) is 16.3. The molecule has 0 N–H and O–H groups in total. The summed E-state index contributed by atoms with van der Waals surface area (Å²) in [5.74, 6) is 0.493. The van der Waals surface area contributed by atoms with Crippen molar-refractivity contribution in [3.05, 3.63) is 134 Å². The Bertz CT molecular complexity index is 1600. The van der Waals surface area contributed by atoms with Crippen LogP contribution in [0.2, 0.25) is 0 Å². The Hall–Kier alpha value is -5.58. The molecule has 50 heavy (non-hydrogen) atoms. The van der Waals surface area contributed by atoms with Gasteiger partial charge < -0.3 is 37.9 Å². The van der Waals surface area contributed by atoms with Crippen LogP contribution in [0.25, 0.3) is 22.3 Å². The molecular formula is C40H38O10. The van der Waals surface area contributed by atoms with E-state index in [1.807, 2.05) is 72.8 Å². The molecule has 10 heteroatoms. The highest BCUT2D eigenvalue weighted by Crippen LogP contribution is 2.32. The van der Waals surface area contributed by atoms with Crippen molar-refractivity contribution in [2.75, 3.05) is 39.6 Å². The summed E-state index contributed by atoms with van der Waals surface area (Å²) >= 11 is 0. The highest BCUT2D eigenvalue weighted by molar-refractivity contribution is 5.91. The van der Waals surface area contributed by atoms with Gasteiger partial charge >= 0.3 is 11.9 Å². The van der Waals surface area contributed by atoms with Gasteiger partial charge in [-0.3, -0.25) is 0 Å². The summed E-state index contributed by atoms with van der Waals surface area (Å²) in [6.07, 6.45) is 0.432. The van der Waals surface area contributed by atoms with Crippen molar-refractivity contribution in [1.29, 1.82) is 0 Å². The maximum Gasteiger partial charge on any atom is 0.338 e. The van der Waals surface area contributed by atoms with Gasteiger partial charge in [0.25, 0.3) is 0 Å². The third-order valence-electron chi connectivity index (χ3n) is 8.27. The predicted octanol–water partition coefficient (Wildman–Crippen LogP) is 6.65. The topological polar surface area (TPSA) is 108 Å². The fourth-order valence-corrected chi connectivity index (χ4v) is 5.71. The van der Waals surface area contributed by atoms with Gasteiger partial charge in [0.05, 0.1) is 36.9 Å². The molecule has 2 saturated heterocycles. The number of esters is 2. The average molecular weight is 679 g/mol. The van der Waals surface area contributed by atoms with Crippen molar-refractivity contribution in [2.24, 2.45) is 0 Å². The number of carbonyl (C=O) groups is 2. The van der Waals surface area contributed by atoms with E-state index >= 15 is 0 Å². The smallest absolute Gasteiger partial charge is 0.338 e. The lowest BCUT2D eigenvalue weighted by Crippen LogP contribution is -2.36. The lowest BCUT2D eigenvalue weighted by molar-refractivity contribution is -0.0287. The third-order valence-corrected chi connectivity index (χ3v) is 8.27. The van der Waals surface area contributed by atoms with Gasteiger partial charge in [0.1, 0.15) is 50.1 Å². The Kier molecular flexibility index (Phi) is 11.4. The van der Waals surface area contributed by atoms with E-state index in [1.54, 1.807) is 24.3 Å². The highest BCUT2D eigenvalue weighted by atomic mass is 16.7. The molecule has 4 atom stereocenters. The molecule has 0 aliphatic carbocycles. The van der Waals surface area contributed by atoms with Gasteiger partial charge in [0.2, 0.25) is 0 Å². The molecule has 6 rings (SSSR count). The first-order chi connectivity index (χ1) is 24.5. The Morgan fingerprint density at radius 1 is 0.540 bits per heavy atom. The summed E-state index contributed by atoms with van der Waals surface area (Å²) in [7, 11) is 0. The van der Waals surface area contributed by atoms with Crippen LogP contribution in [-0.4, -0.2) is 76.0 Å². The molecular weight excluding hydrogens is 640 g/mol. The zero-order chi connectivity index (χ0) is 34.7. The van der Waals surface area contributed by atoms with Crippen LogP contribution in [0.5, 0.6) is 11.5 Å². The lowest BCUT2D eigenvalue weighted by atomic mass is 10.0. The van der Waals surface area contributed by atoms with E-state index in [0.29, 0.717) is 37.6 Å². The average Bonchev–Trinajstić information content (AvgIpc) is 3.75. The van der Waals surface area contributed by atoms with Gasteiger partial charge in [-0.2, -0.15) is 0 Å². The molecule has 0 bridgehead atoms. The molecule has 2 heterocycles. The van der Waals surface area contributed by atoms with Crippen LogP contribution in [0.1, 0.15) is 20.7 Å². The maximum absolute atomic E-state index is 13.0. The van der Waals surface area contributed by atoms with Crippen molar-refractivity contribution in [2.45, 2.75) is 24.4 Å². The lowest BCUT2D eigenvalue weighted by Gasteiger charge is -2.17. The quantitative estimate of drug-likeness (QED) is 0.0727. The Labute approximate surface area is 290 Å². The van der Waals surface area contributed by atoms with Crippen LogP contribution >= 0.6 is 0 Å². The number of rotatable bonds is 16. The standard InChI is InChI=1S/C40H38O10/c1-3-43-21-23-45-33-17-13-29(14-18-33)27-5-9-31(10-6-27)39(41)49-35-25-47-38-36(26-48-37(35)38)50-40(42)32-11-7-28(8-12-32)30-15-19-34(20-16-30)46-24-22-44-4-2/h3-20,35-38H,1-2,21-26H2. The van der Waals surface area contributed by atoms with Gasteiger partial charge in [-0.05, 0) is 70.8 Å². The zero-order valence-electron chi connectivity index (χ0n) is 27.4. The van der Waals surface area contributed by atoms with Crippen molar-refractivity contribution in [1.82, 2.24) is 0 Å². The minimum absolute atomic E-state index is 0.141. The monoisotopic (exact) mass is 678 g/mol. The molecule has 2 fully saturated rings. The third kappa shape index (κ3) is 8.52. The molecule has 0 radical (unpaired) electrons. The summed E-state index contributed by atoms with van der Waals surface area (Å²) in [6, 6.07) is 29.7. The predicted molar refractivity (Wildman–Crippen MR) is 185 cm³/mol. The SMILES string of the molecule is C=COCCOc1ccc(-c2ccc(C(=O)OC3COC4C(OC(=O)c5ccc(-c6ccc(OCCOC=C)cc6)cc5)COC34)cc2)cc1. The van der Waals surface area contributed by atoms with Crippen LogP contribution in [0.4, 0.5) is 0 Å². The molecule has 258 valence electrons. The molecule has 2 aliphatic rings. The number of hydrogen-bond acceptors (Lipinski definition) is 10. The van der Waals surface area contributed by atoms with Crippen LogP contribution in [0.3, 0.4) is 0 Å². The zero-order valence-corrected chi connectivity index (χ0v) is 27.4. The Morgan fingerprint density at radius 3 is 1.22 bits per heavy atom. The second kappa shape index (κ2) is 16.7. The van der Waals surface area contributed by atoms with Crippen LogP contribution < -0.4 is 9.47 Å². The normalized spacial score (nSPS) is 19.1. The van der Waals surface area contributed by atoms with Crippen molar-refractivity contribution in [3.63, 3.8) is 0 Å². The number of fused-ring (bicyclic) bond motifs is 1. The van der Waals surface area contributed by atoms with Gasteiger partial charge in [-0.15, -0.1) is 0 Å². The fraction of sp³-hybridized carbons (Fsp3) is 0.250. The van der Waals surface area contributed by atoms with Crippen molar-refractivity contribution >= 4 is 11.9 Å². The molecule has 2 aliphatic heterocycles. The summed E-state index contributed by atoms with van der Waals surface area (Å²) in [4.78, 5) is 26.0. The molecule has 10 nitrogen and oxygen atoms in total. The van der Waals surface area contributed by atoms with Crippen LogP contribution in [-0.2, 0) is 28.4 Å². The summed E-state index contributed by atoms with van der Waals surface area (Å²) < 4.78 is 44.8. The van der Waals surface area contributed by atoms with E-state index < -0.39 is 36.4 Å². The maximum atomic E-state index is 13.0. The van der Waals surface area contributed by atoms with Crippen LogP contribution in [0, 0.1) is 0 Å². The summed E-state index contributed by atoms with van der Waals surface area (Å²) in [5.41, 5.74) is 4.65. The summed E-state index contributed by atoms with van der Waals surface area (Å²) in [6.45, 7) is 8.99. The van der Waals surface area contributed by atoms with Crippen LogP contribution in [0.15, 0.2) is 123 Å². The minimum atomic E-state index is -0.628.